The zero-order valence-corrected chi connectivity index (χ0v) is 11.0. The summed E-state index contributed by atoms with van der Waals surface area (Å²) in [5, 5.41) is 3.26. The van der Waals surface area contributed by atoms with Crippen LogP contribution < -0.4 is 10.1 Å². The molecule has 0 aliphatic heterocycles. The van der Waals surface area contributed by atoms with Crippen molar-refractivity contribution in [3.8, 4) is 5.75 Å². The van der Waals surface area contributed by atoms with Crippen molar-refractivity contribution in [1.82, 2.24) is 5.32 Å². The Kier molecular flexibility index (Phi) is 6.93. The van der Waals surface area contributed by atoms with Gasteiger partial charge in [0.15, 0.2) is 0 Å². The molecule has 16 heavy (non-hydrogen) atoms. The molecule has 0 radical (unpaired) electrons. The Morgan fingerprint density at radius 3 is 2.69 bits per heavy atom. The minimum absolute atomic E-state index is 0.775. The summed E-state index contributed by atoms with van der Waals surface area (Å²) in [6.45, 7) is 6.33. The van der Waals surface area contributed by atoms with Crippen molar-refractivity contribution in [2.45, 2.75) is 12.8 Å². The molecule has 0 bridgehead atoms. The number of hydrogen-bond donors (Lipinski definition) is 1. The summed E-state index contributed by atoms with van der Waals surface area (Å²) in [4.78, 5) is 0. The molecule has 88 valence electrons. The van der Waals surface area contributed by atoms with E-state index in [0.29, 0.717) is 0 Å². The van der Waals surface area contributed by atoms with Crippen molar-refractivity contribution < 1.29 is 4.74 Å². The third kappa shape index (κ3) is 5.93. The Hall–Kier alpha value is -0.800. The van der Waals surface area contributed by atoms with Crippen molar-refractivity contribution in [2.24, 2.45) is 0 Å². The number of halogens is 1. The largest absolute Gasteiger partial charge is 0.494 e. The Morgan fingerprint density at radius 2 is 2.00 bits per heavy atom. The smallest absolute Gasteiger partial charge is 0.119 e. The first-order valence-electron chi connectivity index (χ1n) is 5.53. The molecule has 1 N–H and O–H groups in total. The molecule has 0 unspecified atom stereocenters. The zero-order chi connectivity index (χ0) is 11.6. The molecule has 0 atom stereocenters. The summed E-state index contributed by atoms with van der Waals surface area (Å²) in [5.74, 6) is 0.933. The van der Waals surface area contributed by atoms with Gasteiger partial charge in [-0.1, -0.05) is 22.0 Å². The summed E-state index contributed by atoms with van der Waals surface area (Å²) in [7, 11) is 0. The standard InChI is InChI=1S/C13H18BrNO/c1-2-9-15-10-3-4-11-16-13-7-5-12(14)6-8-13/h2,5-8,15H,1,3-4,9-11H2. The lowest BCUT2D eigenvalue weighted by Gasteiger charge is -2.06. The highest BCUT2D eigenvalue weighted by molar-refractivity contribution is 9.10. The fourth-order valence-corrected chi connectivity index (χ4v) is 1.54. The van der Waals surface area contributed by atoms with E-state index in [9.17, 15) is 0 Å². The van der Waals surface area contributed by atoms with E-state index in [4.69, 9.17) is 4.74 Å². The highest BCUT2D eigenvalue weighted by Gasteiger charge is 1.93. The van der Waals surface area contributed by atoms with Gasteiger partial charge in [-0.2, -0.15) is 0 Å². The van der Waals surface area contributed by atoms with Crippen LogP contribution in [-0.4, -0.2) is 19.7 Å². The molecule has 3 heteroatoms. The molecule has 0 saturated carbocycles. The van der Waals surface area contributed by atoms with Gasteiger partial charge in [0.25, 0.3) is 0 Å². The molecule has 2 nitrogen and oxygen atoms in total. The van der Waals surface area contributed by atoms with Gasteiger partial charge in [0, 0.05) is 11.0 Å². The van der Waals surface area contributed by atoms with Crippen LogP contribution >= 0.6 is 15.9 Å². The second kappa shape index (κ2) is 8.36. The van der Waals surface area contributed by atoms with Crippen LogP contribution in [0.3, 0.4) is 0 Å². The number of nitrogens with one attached hydrogen (secondary N) is 1. The van der Waals surface area contributed by atoms with Crippen LogP contribution in [0, 0.1) is 0 Å². The zero-order valence-electron chi connectivity index (χ0n) is 9.42. The second-order valence-corrected chi connectivity index (χ2v) is 4.42. The Morgan fingerprint density at radius 1 is 1.25 bits per heavy atom. The maximum absolute atomic E-state index is 5.60. The van der Waals surface area contributed by atoms with Gasteiger partial charge in [-0.3, -0.25) is 0 Å². The first kappa shape index (κ1) is 13.3. The van der Waals surface area contributed by atoms with E-state index in [1.807, 2.05) is 30.3 Å². The predicted octanol–water partition coefficient (Wildman–Crippen LogP) is 3.38. The molecule has 0 heterocycles. The third-order valence-electron chi connectivity index (χ3n) is 2.12. The molecule has 0 saturated heterocycles. The van der Waals surface area contributed by atoms with E-state index in [1.54, 1.807) is 0 Å². The van der Waals surface area contributed by atoms with Crippen molar-refractivity contribution in [2.75, 3.05) is 19.7 Å². The minimum Gasteiger partial charge on any atom is -0.494 e. The molecule has 1 rings (SSSR count). The van der Waals surface area contributed by atoms with E-state index >= 15 is 0 Å². The fraction of sp³-hybridized carbons (Fsp3) is 0.385. The van der Waals surface area contributed by atoms with Crippen LogP contribution in [0.25, 0.3) is 0 Å². The molecule has 0 aromatic heterocycles. The quantitative estimate of drug-likeness (QED) is 0.583. The van der Waals surface area contributed by atoms with Gasteiger partial charge >= 0.3 is 0 Å². The van der Waals surface area contributed by atoms with Crippen molar-refractivity contribution >= 4 is 15.9 Å². The molecule has 0 amide bonds. The molecule has 0 fully saturated rings. The van der Waals surface area contributed by atoms with Gasteiger partial charge in [0.1, 0.15) is 5.75 Å². The lowest BCUT2D eigenvalue weighted by molar-refractivity contribution is 0.306. The van der Waals surface area contributed by atoms with E-state index in [2.05, 4.69) is 27.8 Å². The van der Waals surface area contributed by atoms with Crippen LogP contribution in [0.4, 0.5) is 0 Å². The second-order valence-electron chi connectivity index (χ2n) is 3.50. The van der Waals surface area contributed by atoms with Gasteiger partial charge in [-0.25, -0.2) is 0 Å². The number of benzene rings is 1. The lowest BCUT2D eigenvalue weighted by atomic mass is 10.3. The van der Waals surface area contributed by atoms with Crippen LogP contribution in [0.15, 0.2) is 41.4 Å². The summed E-state index contributed by atoms with van der Waals surface area (Å²) < 4.78 is 6.68. The Labute approximate surface area is 106 Å². The van der Waals surface area contributed by atoms with E-state index in [-0.39, 0.29) is 0 Å². The number of hydrogen-bond acceptors (Lipinski definition) is 2. The molecule has 0 aliphatic rings. The highest BCUT2D eigenvalue weighted by atomic mass is 79.9. The Balaban J connectivity index is 2.02. The molecule has 0 spiro atoms. The fourth-order valence-electron chi connectivity index (χ4n) is 1.28. The molecular formula is C13H18BrNO. The van der Waals surface area contributed by atoms with E-state index in [0.717, 1.165) is 42.8 Å². The van der Waals surface area contributed by atoms with Crippen molar-refractivity contribution in [3.05, 3.63) is 41.4 Å². The van der Waals surface area contributed by atoms with E-state index < -0.39 is 0 Å². The van der Waals surface area contributed by atoms with E-state index in [1.165, 1.54) is 0 Å². The van der Waals surface area contributed by atoms with Crippen molar-refractivity contribution in [1.29, 1.82) is 0 Å². The average Bonchev–Trinajstić information content (AvgIpc) is 2.30. The summed E-state index contributed by atoms with van der Waals surface area (Å²) in [6, 6.07) is 7.92. The van der Waals surface area contributed by atoms with Gasteiger partial charge in [-0.15, -0.1) is 6.58 Å². The normalized spacial score (nSPS) is 10.1. The Bertz CT molecular complexity index is 297. The number of ether oxygens (including phenoxy) is 1. The first-order chi connectivity index (χ1) is 7.83. The predicted molar refractivity (Wildman–Crippen MR) is 71.9 cm³/mol. The summed E-state index contributed by atoms with van der Waals surface area (Å²) in [5.41, 5.74) is 0. The highest BCUT2D eigenvalue weighted by Crippen LogP contribution is 2.16. The van der Waals surface area contributed by atoms with Crippen molar-refractivity contribution in [3.63, 3.8) is 0 Å². The van der Waals surface area contributed by atoms with Crippen LogP contribution in [0.1, 0.15) is 12.8 Å². The molecule has 1 aromatic carbocycles. The van der Waals surface area contributed by atoms with Crippen LogP contribution in [-0.2, 0) is 0 Å². The maximum atomic E-state index is 5.60. The maximum Gasteiger partial charge on any atom is 0.119 e. The molecule has 0 aliphatic carbocycles. The molecular weight excluding hydrogens is 266 g/mol. The van der Waals surface area contributed by atoms with Gasteiger partial charge in [0.05, 0.1) is 6.61 Å². The summed E-state index contributed by atoms with van der Waals surface area (Å²) in [6.07, 6.45) is 4.07. The molecule has 1 aromatic rings. The number of unbranched alkanes of at least 4 members (excludes halogenated alkanes) is 1. The number of rotatable bonds is 8. The SMILES string of the molecule is C=CCNCCCCOc1ccc(Br)cc1. The van der Waals surface area contributed by atoms with Gasteiger partial charge in [-0.05, 0) is 43.7 Å². The van der Waals surface area contributed by atoms with Crippen LogP contribution in [0.5, 0.6) is 5.75 Å². The third-order valence-corrected chi connectivity index (χ3v) is 2.65. The van der Waals surface area contributed by atoms with Crippen LogP contribution in [0.2, 0.25) is 0 Å². The summed E-state index contributed by atoms with van der Waals surface area (Å²) >= 11 is 3.39. The lowest BCUT2D eigenvalue weighted by Crippen LogP contribution is -2.15. The first-order valence-corrected chi connectivity index (χ1v) is 6.32. The average molecular weight is 284 g/mol. The van der Waals surface area contributed by atoms with Gasteiger partial charge < -0.3 is 10.1 Å². The van der Waals surface area contributed by atoms with Gasteiger partial charge in [0.2, 0.25) is 0 Å². The topological polar surface area (TPSA) is 21.3 Å². The monoisotopic (exact) mass is 283 g/mol. The minimum atomic E-state index is 0.775.